The van der Waals surface area contributed by atoms with E-state index in [1.54, 1.807) is 36.1 Å². The van der Waals surface area contributed by atoms with Crippen molar-refractivity contribution in [2.75, 3.05) is 23.6 Å². The molecule has 0 aliphatic carbocycles. The van der Waals surface area contributed by atoms with E-state index in [-0.39, 0.29) is 17.7 Å². The fraction of sp³-hybridized carbons (Fsp3) is 0.533. The topological polar surface area (TPSA) is 92.5 Å². The van der Waals surface area contributed by atoms with Crippen molar-refractivity contribution >= 4 is 21.6 Å². The van der Waals surface area contributed by atoms with Crippen molar-refractivity contribution in [3.8, 4) is 0 Å². The zero-order valence-corrected chi connectivity index (χ0v) is 13.6. The van der Waals surface area contributed by atoms with Gasteiger partial charge in [-0.3, -0.25) is 9.52 Å². The molecule has 1 aliphatic rings. The van der Waals surface area contributed by atoms with Gasteiger partial charge in [0.15, 0.2) is 0 Å². The third-order valence-corrected chi connectivity index (χ3v) is 5.17. The van der Waals surface area contributed by atoms with Crippen molar-refractivity contribution in [3.05, 3.63) is 29.8 Å². The minimum absolute atomic E-state index is 0.0647. The highest BCUT2D eigenvalue weighted by atomic mass is 32.2. The van der Waals surface area contributed by atoms with Crippen LogP contribution in [0.3, 0.4) is 0 Å². The number of hydrogen-bond donors (Lipinski definition) is 2. The Kier molecular flexibility index (Phi) is 5.42. The second kappa shape index (κ2) is 7.11. The van der Waals surface area contributed by atoms with Crippen molar-refractivity contribution in [1.29, 1.82) is 0 Å². The van der Waals surface area contributed by atoms with E-state index < -0.39 is 10.0 Å². The van der Waals surface area contributed by atoms with Gasteiger partial charge in [0.1, 0.15) is 0 Å². The third kappa shape index (κ3) is 4.45. The van der Waals surface area contributed by atoms with Crippen LogP contribution < -0.4 is 10.5 Å². The van der Waals surface area contributed by atoms with Gasteiger partial charge in [-0.2, -0.15) is 0 Å². The number of likely N-dealkylation sites (tertiary alicyclic amines) is 1. The smallest absolute Gasteiger partial charge is 0.253 e. The number of nitrogens with one attached hydrogen (secondary N) is 1. The number of nitrogens with zero attached hydrogens (tertiary/aromatic N) is 1. The second-order valence-corrected chi connectivity index (χ2v) is 7.47. The average Bonchev–Trinajstić information content (AvgIpc) is 2.47. The highest BCUT2D eigenvalue weighted by Crippen LogP contribution is 2.17. The Morgan fingerprint density at radius 1 is 1.36 bits per heavy atom. The molecule has 1 amide bonds. The number of rotatable bonds is 5. The minimum Gasteiger partial charge on any atom is -0.339 e. The Bertz CT molecular complexity index is 623. The molecule has 1 fully saturated rings. The van der Waals surface area contributed by atoms with E-state index in [9.17, 15) is 13.2 Å². The van der Waals surface area contributed by atoms with Gasteiger partial charge in [-0.05, 0) is 37.5 Å². The Hall–Kier alpha value is -1.60. The number of benzene rings is 1. The number of carbonyl (C=O) groups excluding carboxylic acids is 1. The lowest BCUT2D eigenvalue weighted by Crippen LogP contribution is -2.42. The maximum Gasteiger partial charge on any atom is 0.253 e. The molecule has 22 heavy (non-hydrogen) atoms. The maximum absolute atomic E-state index is 12.5. The van der Waals surface area contributed by atoms with Gasteiger partial charge >= 0.3 is 0 Å². The van der Waals surface area contributed by atoms with E-state index in [1.165, 1.54) is 0 Å². The van der Waals surface area contributed by atoms with E-state index in [4.69, 9.17) is 5.73 Å². The summed E-state index contributed by atoms with van der Waals surface area (Å²) in [7, 11) is -3.35. The predicted octanol–water partition coefficient (Wildman–Crippen LogP) is 1.40. The van der Waals surface area contributed by atoms with Crippen molar-refractivity contribution in [2.24, 2.45) is 5.73 Å². The highest BCUT2D eigenvalue weighted by Gasteiger charge is 2.22. The van der Waals surface area contributed by atoms with Crippen molar-refractivity contribution < 1.29 is 13.2 Å². The number of anilines is 1. The summed E-state index contributed by atoms with van der Waals surface area (Å²) in [6.07, 6.45) is 2.14. The summed E-state index contributed by atoms with van der Waals surface area (Å²) < 4.78 is 26.1. The predicted molar refractivity (Wildman–Crippen MR) is 87.3 cm³/mol. The van der Waals surface area contributed by atoms with Gasteiger partial charge in [0.25, 0.3) is 5.91 Å². The van der Waals surface area contributed by atoms with Gasteiger partial charge in [0.2, 0.25) is 10.0 Å². The first kappa shape index (κ1) is 16.8. The molecule has 0 spiro atoms. The van der Waals surface area contributed by atoms with Crippen LogP contribution in [0, 0.1) is 0 Å². The molecule has 122 valence electrons. The highest BCUT2D eigenvalue weighted by molar-refractivity contribution is 7.92. The Labute approximate surface area is 131 Å². The van der Waals surface area contributed by atoms with Gasteiger partial charge in [0.05, 0.1) is 5.75 Å². The van der Waals surface area contributed by atoms with E-state index in [0.29, 0.717) is 30.8 Å². The summed E-state index contributed by atoms with van der Waals surface area (Å²) in [4.78, 5) is 14.2. The third-order valence-electron chi connectivity index (χ3n) is 3.68. The first-order valence-corrected chi connectivity index (χ1v) is 9.22. The molecule has 2 rings (SSSR count). The molecule has 1 aromatic carbocycles. The summed E-state index contributed by atoms with van der Waals surface area (Å²) >= 11 is 0. The minimum atomic E-state index is -3.35. The van der Waals surface area contributed by atoms with E-state index in [1.807, 2.05) is 0 Å². The average molecular weight is 325 g/mol. The Morgan fingerprint density at radius 3 is 2.68 bits per heavy atom. The summed E-state index contributed by atoms with van der Waals surface area (Å²) in [6, 6.07) is 6.79. The summed E-state index contributed by atoms with van der Waals surface area (Å²) in [5.74, 6) is -0.0155. The molecule has 6 nitrogen and oxygen atoms in total. The fourth-order valence-corrected chi connectivity index (χ4v) is 3.63. The van der Waals surface area contributed by atoms with Crippen LogP contribution in [-0.2, 0) is 10.0 Å². The van der Waals surface area contributed by atoms with Crippen LogP contribution in [0.15, 0.2) is 24.3 Å². The van der Waals surface area contributed by atoms with Crippen molar-refractivity contribution in [1.82, 2.24) is 4.90 Å². The molecular formula is C15H23N3O3S. The lowest BCUT2D eigenvalue weighted by atomic mass is 10.0. The zero-order chi connectivity index (χ0) is 16.2. The van der Waals surface area contributed by atoms with E-state index >= 15 is 0 Å². The monoisotopic (exact) mass is 325 g/mol. The molecule has 7 heteroatoms. The van der Waals surface area contributed by atoms with Gasteiger partial charge < -0.3 is 10.6 Å². The second-order valence-electron chi connectivity index (χ2n) is 5.63. The fourth-order valence-electron chi connectivity index (χ4n) is 2.50. The van der Waals surface area contributed by atoms with Crippen LogP contribution in [0.25, 0.3) is 0 Å². The summed E-state index contributed by atoms with van der Waals surface area (Å²) in [5, 5.41) is 0. The molecule has 0 unspecified atom stereocenters. The zero-order valence-electron chi connectivity index (χ0n) is 12.8. The molecule has 0 saturated carbocycles. The Morgan fingerprint density at radius 2 is 2.05 bits per heavy atom. The van der Waals surface area contributed by atoms with Crippen LogP contribution >= 0.6 is 0 Å². The Balaban J connectivity index is 2.09. The SMILES string of the molecule is CCCS(=O)(=O)Nc1cccc(C(=O)N2CCC(N)CC2)c1. The van der Waals surface area contributed by atoms with E-state index in [2.05, 4.69) is 4.72 Å². The van der Waals surface area contributed by atoms with Gasteiger partial charge in [0, 0.05) is 30.4 Å². The molecule has 0 atom stereocenters. The largest absolute Gasteiger partial charge is 0.339 e. The molecule has 1 heterocycles. The molecule has 1 aromatic rings. The number of hydrogen-bond acceptors (Lipinski definition) is 4. The van der Waals surface area contributed by atoms with Gasteiger partial charge in [-0.15, -0.1) is 0 Å². The number of piperidine rings is 1. The first-order valence-electron chi connectivity index (χ1n) is 7.56. The first-order chi connectivity index (χ1) is 10.4. The number of nitrogens with two attached hydrogens (primary N) is 1. The van der Waals surface area contributed by atoms with Crippen LogP contribution in [0.2, 0.25) is 0 Å². The molecular weight excluding hydrogens is 302 g/mol. The molecule has 0 radical (unpaired) electrons. The van der Waals surface area contributed by atoms with Gasteiger partial charge in [-0.1, -0.05) is 13.0 Å². The van der Waals surface area contributed by atoms with Crippen LogP contribution in [-0.4, -0.2) is 44.1 Å². The number of sulfonamides is 1. The van der Waals surface area contributed by atoms with Crippen molar-refractivity contribution in [2.45, 2.75) is 32.2 Å². The van der Waals surface area contributed by atoms with Gasteiger partial charge in [-0.25, -0.2) is 8.42 Å². The molecule has 0 bridgehead atoms. The maximum atomic E-state index is 12.5. The number of carbonyl (C=O) groups is 1. The van der Waals surface area contributed by atoms with Crippen LogP contribution in [0.5, 0.6) is 0 Å². The standard InChI is InChI=1S/C15H23N3O3S/c1-2-10-22(20,21)17-14-5-3-4-12(11-14)15(19)18-8-6-13(16)7-9-18/h3-5,11,13,17H,2,6-10,16H2,1H3. The quantitative estimate of drug-likeness (QED) is 0.856. The van der Waals surface area contributed by atoms with E-state index in [0.717, 1.165) is 12.8 Å². The van der Waals surface area contributed by atoms with Crippen LogP contribution in [0.4, 0.5) is 5.69 Å². The normalized spacial score (nSPS) is 16.5. The lowest BCUT2D eigenvalue weighted by molar-refractivity contribution is 0.0715. The molecule has 1 saturated heterocycles. The lowest BCUT2D eigenvalue weighted by Gasteiger charge is -2.30. The number of amides is 1. The van der Waals surface area contributed by atoms with Crippen molar-refractivity contribution in [3.63, 3.8) is 0 Å². The summed E-state index contributed by atoms with van der Waals surface area (Å²) in [6.45, 7) is 3.10. The molecule has 0 aromatic heterocycles. The van der Waals surface area contributed by atoms with Crippen LogP contribution in [0.1, 0.15) is 36.5 Å². The molecule has 1 aliphatic heterocycles. The molecule has 3 N–H and O–H groups in total. The summed E-state index contributed by atoms with van der Waals surface area (Å²) in [5.41, 5.74) is 6.76.